The molecule has 1 aliphatic carbocycles. The minimum Gasteiger partial charge on any atom is -0.349 e. The van der Waals surface area contributed by atoms with Crippen LogP contribution in [0.25, 0.3) is 11.0 Å². The molecule has 34 heavy (non-hydrogen) atoms. The third-order valence-electron chi connectivity index (χ3n) is 6.29. The smallest absolute Gasteiger partial charge is 0.251 e. The molecule has 1 fully saturated rings. The summed E-state index contributed by atoms with van der Waals surface area (Å²) in [5.41, 5.74) is 4.95. The Labute approximate surface area is 209 Å². The van der Waals surface area contributed by atoms with E-state index in [-0.39, 0.29) is 5.91 Å². The lowest BCUT2D eigenvalue weighted by Gasteiger charge is -2.22. The lowest BCUT2D eigenvalue weighted by Crippen LogP contribution is -2.36. The van der Waals surface area contributed by atoms with Crippen molar-refractivity contribution in [2.24, 2.45) is 0 Å². The van der Waals surface area contributed by atoms with E-state index in [4.69, 9.17) is 16.6 Å². The van der Waals surface area contributed by atoms with Crippen molar-refractivity contribution in [3.63, 3.8) is 0 Å². The van der Waals surface area contributed by atoms with Gasteiger partial charge in [0.15, 0.2) is 5.16 Å². The molecule has 4 aromatic rings. The SMILES string of the molecule is O=C(NC1CCCCC1)c1ccc(Cn2c(SCc3ccc(Cl)cc3)nc3ccncc32)cc1. The summed E-state index contributed by atoms with van der Waals surface area (Å²) in [5.74, 6) is 0.823. The summed E-state index contributed by atoms with van der Waals surface area (Å²) in [5, 5.41) is 4.88. The molecule has 1 amide bonds. The van der Waals surface area contributed by atoms with Crippen molar-refractivity contribution in [2.45, 2.75) is 55.6 Å². The molecule has 174 valence electrons. The van der Waals surface area contributed by atoms with Gasteiger partial charge in [-0.05, 0) is 54.3 Å². The average molecular weight is 491 g/mol. The van der Waals surface area contributed by atoms with Crippen LogP contribution in [0.3, 0.4) is 0 Å². The van der Waals surface area contributed by atoms with Crippen molar-refractivity contribution in [1.29, 1.82) is 0 Å². The summed E-state index contributed by atoms with van der Waals surface area (Å²) in [4.78, 5) is 21.8. The number of carbonyl (C=O) groups excluding carboxylic acids is 1. The van der Waals surface area contributed by atoms with Crippen molar-refractivity contribution in [2.75, 3.05) is 0 Å². The zero-order valence-electron chi connectivity index (χ0n) is 18.9. The molecular weight excluding hydrogens is 464 g/mol. The molecule has 1 N–H and O–H groups in total. The quantitative estimate of drug-likeness (QED) is 0.301. The summed E-state index contributed by atoms with van der Waals surface area (Å²) in [6, 6.07) is 18.1. The summed E-state index contributed by atoms with van der Waals surface area (Å²) >= 11 is 7.72. The second-order valence-electron chi connectivity index (χ2n) is 8.77. The Morgan fingerprint density at radius 1 is 1.00 bits per heavy atom. The van der Waals surface area contributed by atoms with E-state index < -0.39 is 0 Å². The van der Waals surface area contributed by atoms with Crippen LogP contribution in [-0.2, 0) is 12.3 Å². The zero-order chi connectivity index (χ0) is 23.3. The van der Waals surface area contributed by atoms with Gasteiger partial charge in [0.25, 0.3) is 5.91 Å². The average Bonchev–Trinajstić information content (AvgIpc) is 3.22. The lowest BCUT2D eigenvalue weighted by molar-refractivity contribution is 0.0927. The van der Waals surface area contributed by atoms with Crippen LogP contribution in [0.15, 0.2) is 72.1 Å². The van der Waals surface area contributed by atoms with Gasteiger partial charge in [-0.25, -0.2) is 4.98 Å². The number of aromatic nitrogens is 3. The highest BCUT2D eigenvalue weighted by Crippen LogP contribution is 2.28. The number of nitrogens with zero attached hydrogens (tertiary/aromatic N) is 3. The predicted octanol–water partition coefficient (Wildman–Crippen LogP) is 6.49. The zero-order valence-corrected chi connectivity index (χ0v) is 20.5. The molecule has 0 unspecified atom stereocenters. The molecule has 0 atom stereocenters. The van der Waals surface area contributed by atoms with Crippen LogP contribution in [0, 0.1) is 0 Å². The minimum absolute atomic E-state index is 0.0231. The van der Waals surface area contributed by atoms with Crippen molar-refractivity contribution in [3.8, 4) is 0 Å². The molecular formula is C27H27ClN4OS. The maximum Gasteiger partial charge on any atom is 0.251 e. The first-order chi connectivity index (χ1) is 16.7. The Morgan fingerprint density at radius 3 is 2.50 bits per heavy atom. The lowest BCUT2D eigenvalue weighted by atomic mass is 9.95. The number of hydrogen-bond donors (Lipinski definition) is 1. The fraction of sp³-hybridized carbons (Fsp3) is 0.296. The van der Waals surface area contributed by atoms with Gasteiger partial charge >= 0.3 is 0 Å². The van der Waals surface area contributed by atoms with Gasteiger partial charge in [-0.2, -0.15) is 0 Å². The molecule has 5 rings (SSSR count). The Kier molecular flexibility index (Phi) is 7.16. The number of hydrogen-bond acceptors (Lipinski definition) is 4. The van der Waals surface area contributed by atoms with Crippen LogP contribution in [-0.4, -0.2) is 26.5 Å². The maximum atomic E-state index is 12.7. The van der Waals surface area contributed by atoms with E-state index in [9.17, 15) is 4.79 Å². The normalized spacial score (nSPS) is 14.4. The van der Waals surface area contributed by atoms with Gasteiger partial charge in [-0.15, -0.1) is 0 Å². The third-order valence-corrected chi connectivity index (χ3v) is 7.59. The van der Waals surface area contributed by atoms with E-state index in [1.165, 1.54) is 24.8 Å². The number of benzene rings is 2. The molecule has 2 aromatic heterocycles. The van der Waals surface area contributed by atoms with Crippen LogP contribution in [0.5, 0.6) is 0 Å². The molecule has 0 radical (unpaired) electrons. The number of pyridine rings is 1. The van der Waals surface area contributed by atoms with Crippen molar-refractivity contribution < 1.29 is 4.79 Å². The van der Waals surface area contributed by atoms with Gasteiger partial charge in [0, 0.05) is 28.6 Å². The largest absolute Gasteiger partial charge is 0.349 e. The number of amides is 1. The molecule has 1 aliphatic rings. The molecule has 1 saturated carbocycles. The number of rotatable bonds is 7. The van der Waals surface area contributed by atoms with Crippen LogP contribution >= 0.6 is 23.4 Å². The molecule has 2 aromatic carbocycles. The van der Waals surface area contributed by atoms with E-state index in [2.05, 4.69) is 14.9 Å². The van der Waals surface area contributed by atoms with E-state index in [0.29, 0.717) is 18.2 Å². The second-order valence-corrected chi connectivity index (χ2v) is 10.1. The number of halogens is 1. The topological polar surface area (TPSA) is 59.8 Å². The Bertz CT molecular complexity index is 1260. The van der Waals surface area contributed by atoms with Crippen molar-refractivity contribution in [1.82, 2.24) is 19.9 Å². The van der Waals surface area contributed by atoms with Gasteiger partial charge in [-0.1, -0.05) is 66.9 Å². The van der Waals surface area contributed by atoms with Crippen molar-refractivity contribution >= 4 is 40.3 Å². The third kappa shape index (κ3) is 5.45. The van der Waals surface area contributed by atoms with Gasteiger partial charge in [0.05, 0.1) is 23.8 Å². The second kappa shape index (κ2) is 10.6. The van der Waals surface area contributed by atoms with E-state index in [1.807, 2.05) is 60.8 Å². The van der Waals surface area contributed by atoms with Crippen molar-refractivity contribution in [3.05, 3.63) is 88.7 Å². The number of imidazole rings is 1. The monoisotopic (exact) mass is 490 g/mol. The fourth-order valence-electron chi connectivity index (χ4n) is 4.40. The highest BCUT2D eigenvalue weighted by Gasteiger charge is 2.17. The maximum absolute atomic E-state index is 12.7. The first-order valence-electron chi connectivity index (χ1n) is 11.7. The van der Waals surface area contributed by atoms with Crippen LogP contribution in [0.1, 0.15) is 53.6 Å². The first-order valence-corrected chi connectivity index (χ1v) is 13.1. The minimum atomic E-state index is 0.0231. The summed E-state index contributed by atoms with van der Waals surface area (Å²) in [6.45, 7) is 0.662. The number of nitrogens with one attached hydrogen (secondary N) is 1. The van der Waals surface area contributed by atoms with Gasteiger partial charge < -0.3 is 9.88 Å². The Morgan fingerprint density at radius 2 is 1.74 bits per heavy atom. The summed E-state index contributed by atoms with van der Waals surface area (Å²) < 4.78 is 2.19. The molecule has 0 spiro atoms. The highest BCUT2D eigenvalue weighted by molar-refractivity contribution is 7.98. The van der Waals surface area contributed by atoms with E-state index in [1.54, 1.807) is 18.0 Å². The fourth-order valence-corrected chi connectivity index (χ4v) is 5.49. The molecule has 0 saturated heterocycles. The number of fused-ring (bicyclic) bond motifs is 1. The number of carbonyl (C=O) groups is 1. The summed E-state index contributed by atoms with van der Waals surface area (Å²) in [7, 11) is 0. The Balaban J connectivity index is 1.31. The molecule has 7 heteroatoms. The first kappa shape index (κ1) is 22.9. The van der Waals surface area contributed by atoms with Crippen LogP contribution in [0.2, 0.25) is 5.02 Å². The predicted molar refractivity (Wildman–Crippen MR) is 138 cm³/mol. The van der Waals surface area contributed by atoms with Crippen LogP contribution in [0.4, 0.5) is 0 Å². The highest BCUT2D eigenvalue weighted by atomic mass is 35.5. The molecule has 2 heterocycles. The van der Waals surface area contributed by atoms with Crippen LogP contribution < -0.4 is 5.32 Å². The number of thioether (sulfide) groups is 1. The van der Waals surface area contributed by atoms with E-state index in [0.717, 1.165) is 45.4 Å². The summed E-state index contributed by atoms with van der Waals surface area (Å²) in [6.07, 6.45) is 9.49. The molecule has 0 bridgehead atoms. The van der Waals surface area contributed by atoms with Gasteiger partial charge in [-0.3, -0.25) is 9.78 Å². The van der Waals surface area contributed by atoms with Gasteiger partial charge in [0.1, 0.15) is 0 Å². The Hall–Kier alpha value is -2.83. The van der Waals surface area contributed by atoms with E-state index >= 15 is 0 Å². The standard InChI is InChI=1S/C27H27ClN4OS/c28-22-12-8-20(9-13-22)18-34-27-31-24-14-15-29-16-25(24)32(27)17-19-6-10-21(11-7-19)26(33)30-23-4-2-1-3-5-23/h6-16,23H,1-5,17-18H2,(H,30,33). The molecule has 0 aliphatic heterocycles. The molecule has 5 nitrogen and oxygen atoms in total. The van der Waals surface area contributed by atoms with Gasteiger partial charge in [0.2, 0.25) is 0 Å².